The van der Waals surface area contributed by atoms with Crippen LogP contribution in [0.5, 0.6) is 17.4 Å². The van der Waals surface area contributed by atoms with E-state index in [4.69, 9.17) is 14.2 Å². The third-order valence-electron chi connectivity index (χ3n) is 5.76. The van der Waals surface area contributed by atoms with Gasteiger partial charge in [-0.15, -0.1) is 13.2 Å². The molecule has 1 N–H and O–H groups in total. The molecule has 9 nitrogen and oxygen atoms in total. The van der Waals surface area contributed by atoms with Gasteiger partial charge in [-0.1, -0.05) is 24.3 Å². The van der Waals surface area contributed by atoms with E-state index in [1.54, 1.807) is 7.11 Å². The molecular weight excluding hydrogens is 505 g/mol. The van der Waals surface area contributed by atoms with Crippen molar-refractivity contribution in [2.24, 2.45) is 0 Å². The first-order valence-electron chi connectivity index (χ1n) is 11.8. The summed E-state index contributed by atoms with van der Waals surface area (Å²) in [6.07, 6.45) is -3.80. The van der Waals surface area contributed by atoms with Crippen molar-refractivity contribution in [2.45, 2.75) is 25.4 Å². The molecule has 0 unspecified atom stereocenters. The van der Waals surface area contributed by atoms with Crippen molar-refractivity contribution in [2.75, 3.05) is 38.8 Å². The number of nitrogens with one attached hydrogen (secondary N) is 1. The molecule has 202 valence electrons. The van der Waals surface area contributed by atoms with Crippen LogP contribution in [0.3, 0.4) is 0 Å². The molecule has 2 aromatic carbocycles. The molecule has 12 heteroatoms. The van der Waals surface area contributed by atoms with Gasteiger partial charge in [0.25, 0.3) is 5.91 Å². The zero-order chi connectivity index (χ0) is 27.1. The summed E-state index contributed by atoms with van der Waals surface area (Å²) in [4.78, 5) is 24.0. The second kappa shape index (κ2) is 12.0. The maximum atomic E-state index is 13.2. The van der Waals surface area contributed by atoms with Crippen molar-refractivity contribution >= 4 is 11.9 Å². The van der Waals surface area contributed by atoms with Gasteiger partial charge in [0, 0.05) is 26.3 Å². The normalized spacial score (nSPS) is 13.9. The van der Waals surface area contributed by atoms with E-state index in [-0.39, 0.29) is 30.5 Å². The molecule has 0 spiro atoms. The minimum absolute atomic E-state index is 0.0795. The van der Waals surface area contributed by atoms with Gasteiger partial charge in [0.15, 0.2) is 0 Å². The number of methoxy groups -OCH3 is 2. The summed E-state index contributed by atoms with van der Waals surface area (Å²) in [6.45, 7) is 1.83. The highest BCUT2D eigenvalue weighted by Crippen LogP contribution is 2.26. The second-order valence-corrected chi connectivity index (χ2v) is 8.47. The Morgan fingerprint density at radius 1 is 1.03 bits per heavy atom. The Morgan fingerprint density at radius 3 is 2.29 bits per heavy atom. The Hall–Kier alpha value is -4.06. The Bertz CT molecular complexity index is 1220. The fraction of sp³-hybridized carbons (Fsp3) is 0.346. The molecule has 1 aliphatic rings. The number of carbonyl (C=O) groups excluding carboxylic acids is 1. The minimum atomic E-state index is -4.80. The lowest BCUT2D eigenvalue weighted by Crippen LogP contribution is -2.39. The number of ether oxygens (including phenoxy) is 4. The van der Waals surface area contributed by atoms with Crippen molar-refractivity contribution in [1.82, 2.24) is 15.3 Å². The maximum Gasteiger partial charge on any atom is 0.573 e. The largest absolute Gasteiger partial charge is 0.573 e. The van der Waals surface area contributed by atoms with E-state index in [1.807, 2.05) is 29.2 Å². The number of anilines is 1. The smallest absolute Gasteiger partial charge is 0.497 e. The second-order valence-electron chi connectivity index (χ2n) is 8.47. The molecule has 1 saturated heterocycles. The standard InChI is InChI=1S/C26H27F3N4O5/c1-35-16-22(18-6-10-20(11-7-18)38-26(27,28)29)30-24(34)21-14-23(32-25(31-21)33-12-3-13-33)37-15-17-4-8-19(36-2)9-5-17/h4-11,14,22H,3,12-13,15-16H2,1-2H3,(H,30,34)/t22-/m1/s1. The van der Waals surface area contributed by atoms with Gasteiger partial charge in [0.1, 0.15) is 23.8 Å². The van der Waals surface area contributed by atoms with E-state index >= 15 is 0 Å². The monoisotopic (exact) mass is 532 g/mol. The number of hydrogen-bond donors (Lipinski definition) is 1. The molecule has 2 heterocycles. The molecule has 0 bridgehead atoms. The van der Waals surface area contributed by atoms with Gasteiger partial charge in [-0.2, -0.15) is 4.98 Å². The number of nitrogens with zero attached hydrogens (tertiary/aromatic N) is 3. The van der Waals surface area contributed by atoms with Crippen LogP contribution in [0.15, 0.2) is 54.6 Å². The number of alkyl halides is 3. The number of benzene rings is 2. The summed E-state index contributed by atoms with van der Waals surface area (Å²) in [5, 5.41) is 2.83. The summed E-state index contributed by atoms with van der Waals surface area (Å²) in [5.41, 5.74) is 1.51. The van der Waals surface area contributed by atoms with E-state index in [1.165, 1.54) is 37.4 Å². The highest BCUT2D eigenvalue weighted by molar-refractivity contribution is 5.93. The average molecular weight is 533 g/mol. The number of carbonyl (C=O) groups is 1. The van der Waals surface area contributed by atoms with Crippen LogP contribution in [0.25, 0.3) is 0 Å². The first-order chi connectivity index (χ1) is 18.2. The van der Waals surface area contributed by atoms with Crippen LogP contribution in [0.2, 0.25) is 0 Å². The predicted molar refractivity (Wildman–Crippen MR) is 131 cm³/mol. The third kappa shape index (κ3) is 7.25. The van der Waals surface area contributed by atoms with Crippen LogP contribution in [0, 0.1) is 0 Å². The molecule has 0 aliphatic carbocycles. The molecule has 1 fully saturated rings. The Kier molecular flexibility index (Phi) is 8.52. The summed E-state index contributed by atoms with van der Waals surface area (Å²) in [7, 11) is 3.04. The number of aromatic nitrogens is 2. The minimum Gasteiger partial charge on any atom is -0.497 e. The van der Waals surface area contributed by atoms with Gasteiger partial charge < -0.3 is 29.2 Å². The molecule has 0 radical (unpaired) electrons. The maximum absolute atomic E-state index is 13.2. The zero-order valence-corrected chi connectivity index (χ0v) is 20.8. The van der Waals surface area contributed by atoms with Crippen molar-refractivity contribution in [1.29, 1.82) is 0 Å². The molecule has 1 amide bonds. The lowest BCUT2D eigenvalue weighted by molar-refractivity contribution is -0.274. The molecule has 1 atom stereocenters. The summed E-state index contributed by atoms with van der Waals surface area (Å²) in [5.74, 6) is 0.465. The van der Waals surface area contributed by atoms with Gasteiger partial charge >= 0.3 is 6.36 Å². The van der Waals surface area contributed by atoms with E-state index < -0.39 is 18.3 Å². The van der Waals surface area contributed by atoms with Gasteiger partial charge in [0.2, 0.25) is 11.8 Å². The number of amides is 1. The van der Waals surface area contributed by atoms with Gasteiger partial charge in [-0.05, 0) is 41.8 Å². The summed E-state index contributed by atoms with van der Waals surface area (Å²) >= 11 is 0. The molecular formula is C26H27F3N4O5. The lowest BCUT2D eigenvalue weighted by atomic mass is 10.1. The van der Waals surface area contributed by atoms with Crippen LogP contribution in [-0.4, -0.2) is 56.2 Å². The van der Waals surface area contributed by atoms with Crippen LogP contribution in [-0.2, 0) is 11.3 Å². The van der Waals surface area contributed by atoms with E-state index in [0.717, 1.165) is 30.8 Å². The molecule has 3 aromatic rings. The Morgan fingerprint density at radius 2 is 1.71 bits per heavy atom. The number of rotatable bonds is 11. The first-order valence-corrected chi connectivity index (χ1v) is 11.8. The fourth-order valence-corrected chi connectivity index (χ4v) is 3.66. The van der Waals surface area contributed by atoms with Gasteiger partial charge in [-0.25, -0.2) is 4.98 Å². The highest BCUT2D eigenvalue weighted by Gasteiger charge is 2.31. The van der Waals surface area contributed by atoms with Gasteiger partial charge in [-0.3, -0.25) is 4.79 Å². The van der Waals surface area contributed by atoms with Gasteiger partial charge in [0.05, 0.1) is 19.8 Å². The third-order valence-corrected chi connectivity index (χ3v) is 5.76. The van der Waals surface area contributed by atoms with Crippen LogP contribution >= 0.6 is 0 Å². The molecule has 4 rings (SSSR count). The molecule has 0 saturated carbocycles. The highest BCUT2D eigenvalue weighted by atomic mass is 19.4. The van der Waals surface area contributed by atoms with E-state index in [0.29, 0.717) is 11.5 Å². The van der Waals surface area contributed by atoms with E-state index in [9.17, 15) is 18.0 Å². The Balaban J connectivity index is 1.50. The van der Waals surface area contributed by atoms with Crippen LogP contribution in [0.4, 0.5) is 19.1 Å². The fourth-order valence-electron chi connectivity index (χ4n) is 3.66. The summed E-state index contributed by atoms with van der Waals surface area (Å²) in [6, 6.07) is 13.4. The molecule has 38 heavy (non-hydrogen) atoms. The zero-order valence-electron chi connectivity index (χ0n) is 20.8. The topological polar surface area (TPSA) is 95.0 Å². The van der Waals surface area contributed by atoms with E-state index in [2.05, 4.69) is 20.0 Å². The Labute approximate surface area is 217 Å². The molecule has 1 aliphatic heterocycles. The number of halogens is 3. The quantitative estimate of drug-likeness (QED) is 0.391. The first kappa shape index (κ1) is 27.0. The molecule has 1 aromatic heterocycles. The average Bonchev–Trinajstić information content (AvgIpc) is 2.86. The van der Waals surface area contributed by atoms with Crippen molar-refractivity contribution in [3.63, 3.8) is 0 Å². The SMILES string of the molecule is COC[C@@H](NC(=O)c1cc(OCc2ccc(OC)cc2)nc(N2CCC2)n1)c1ccc(OC(F)(F)F)cc1. The number of hydrogen-bond acceptors (Lipinski definition) is 8. The lowest BCUT2D eigenvalue weighted by Gasteiger charge is -2.31. The van der Waals surface area contributed by atoms with Crippen LogP contribution in [0.1, 0.15) is 34.1 Å². The predicted octanol–water partition coefficient (Wildman–Crippen LogP) is 4.29. The van der Waals surface area contributed by atoms with Crippen molar-refractivity contribution < 1.29 is 36.9 Å². The van der Waals surface area contributed by atoms with Crippen LogP contribution < -0.4 is 24.4 Å². The van der Waals surface area contributed by atoms with Crippen molar-refractivity contribution in [3.8, 4) is 17.4 Å². The van der Waals surface area contributed by atoms with Crippen molar-refractivity contribution in [3.05, 3.63) is 71.4 Å². The summed E-state index contributed by atoms with van der Waals surface area (Å²) < 4.78 is 57.6.